The lowest BCUT2D eigenvalue weighted by Gasteiger charge is -2.09. The molecule has 1 amide bonds. The number of rotatable bonds is 6. The Labute approximate surface area is 190 Å². The summed E-state index contributed by atoms with van der Waals surface area (Å²) >= 11 is 1.24. The van der Waals surface area contributed by atoms with E-state index in [-0.39, 0.29) is 22.9 Å². The van der Waals surface area contributed by atoms with Crippen LogP contribution in [0.25, 0.3) is 11.3 Å². The predicted molar refractivity (Wildman–Crippen MR) is 128 cm³/mol. The minimum Gasteiger partial charge on any atom is -0.325 e. The van der Waals surface area contributed by atoms with Crippen LogP contribution in [0.2, 0.25) is 0 Å². The van der Waals surface area contributed by atoms with Gasteiger partial charge < -0.3 is 5.32 Å². The van der Waals surface area contributed by atoms with E-state index in [0.29, 0.717) is 11.1 Å². The van der Waals surface area contributed by atoms with E-state index < -0.39 is 0 Å². The molecule has 0 atom stereocenters. The number of thioether (sulfide) groups is 1. The van der Waals surface area contributed by atoms with Crippen LogP contribution in [0.4, 0.5) is 5.69 Å². The van der Waals surface area contributed by atoms with Crippen molar-refractivity contribution in [2.75, 3.05) is 11.1 Å². The van der Waals surface area contributed by atoms with Crippen LogP contribution in [0.15, 0.2) is 64.8 Å². The van der Waals surface area contributed by atoms with Crippen LogP contribution in [-0.2, 0) is 4.79 Å². The number of anilines is 1. The Morgan fingerprint density at radius 1 is 1.03 bits per heavy atom. The minimum absolute atomic E-state index is 0.146. The van der Waals surface area contributed by atoms with Gasteiger partial charge in [0.25, 0.3) is 0 Å². The first-order chi connectivity index (χ1) is 15.3. The van der Waals surface area contributed by atoms with Gasteiger partial charge in [-0.05, 0) is 60.7 Å². The van der Waals surface area contributed by atoms with Crippen molar-refractivity contribution in [3.63, 3.8) is 0 Å². The van der Waals surface area contributed by atoms with Crippen LogP contribution in [0, 0.1) is 13.8 Å². The van der Waals surface area contributed by atoms with Gasteiger partial charge in [0.2, 0.25) is 11.6 Å². The van der Waals surface area contributed by atoms with Gasteiger partial charge in [-0.3, -0.25) is 18.6 Å². The Morgan fingerprint density at radius 2 is 1.78 bits per heavy atom. The maximum Gasteiger partial charge on any atom is 0.300 e. The monoisotopic (exact) mass is 447 g/mol. The van der Waals surface area contributed by atoms with E-state index in [1.165, 1.54) is 17.3 Å². The zero-order valence-corrected chi connectivity index (χ0v) is 19.3. The van der Waals surface area contributed by atoms with Gasteiger partial charge >= 0.3 is 5.56 Å². The minimum atomic E-state index is -0.259. The smallest absolute Gasteiger partial charge is 0.300 e. The van der Waals surface area contributed by atoms with Crippen molar-refractivity contribution < 1.29 is 4.79 Å². The molecule has 0 bridgehead atoms. The zero-order valence-electron chi connectivity index (χ0n) is 18.5. The first kappa shape index (κ1) is 21.8. The molecule has 0 saturated heterocycles. The van der Waals surface area contributed by atoms with Crippen molar-refractivity contribution in [3.05, 3.63) is 81.9 Å². The summed E-state index contributed by atoms with van der Waals surface area (Å²) in [6, 6.07) is 13.7. The molecule has 4 rings (SSSR count). The fourth-order valence-electron chi connectivity index (χ4n) is 3.32. The summed E-state index contributed by atoms with van der Waals surface area (Å²) in [5, 5.41) is 11.6. The van der Waals surface area contributed by atoms with Crippen LogP contribution in [0.1, 0.15) is 36.5 Å². The van der Waals surface area contributed by atoms with Crippen molar-refractivity contribution in [3.8, 4) is 5.69 Å². The first-order valence-corrected chi connectivity index (χ1v) is 11.4. The summed E-state index contributed by atoms with van der Waals surface area (Å²) in [7, 11) is 0. The summed E-state index contributed by atoms with van der Waals surface area (Å²) in [4.78, 5) is 25.3. The van der Waals surface area contributed by atoms with Crippen LogP contribution in [0.3, 0.4) is 0 Å². The van der Waals surface area contributed by atoms with E-state index in [9.17, 15) is 9.59 Å². The van der Waals surface area contributed by atoms with Crippen LogP contribution in [0.5, 0.6) is 0 Å². The van der Waals surface area contributed by atoms with E-state index >= 15 is 0 Å². The highest BCUT2D eigenvalue weighted by Crippen LogP contribution is 2.19. The number of amides is 1. The molecule has 0 aliphatic rings. The molecular weight excluding hydrogens is 422 g/mol. The number of hydrogen-bond donors (Lipinski definition) is 1. The molecule has 0 radical (unpaired) electrons. The number of aromatic nitrogens is 4. The molecule has 0 aliphatic carbocycles. The highest BCUT2D eigenvalue weighted by molar-refractivity contribution is 7.99. The second-order valence-electron chi connectivity index (χ2n) is 8.03. The number of hydrogen-bond acceptors (Lipinski definition) is 5. The summed E-state index contributed by atoms with van der Waals surface area (Å²) in [6.07, 6.45) is 3.44. The molecule has 32 heavy (non-hydrogen) atoms. The maximum atomic E-state index is 12.9. The van der Waals surface area contributed by atoms with Crippen molar-refractivity contribution >= 4 is 29.0 Å². The number of carbonyl (C=O) groups is 1. The van der Waals surface area contributed by atoms with Crippen molar-refractivity contribution in [2.24, 2.45) is 0 Å². The van der Waals surface area contributed by atoms with E-state index in [0.717, 1.165) is 22.5 Å². The molecule has 8 heteroatoms. The fraction of sp³-hybridized carbons (Fsp3) is 0.250. The Hall–Kier alpha value is -3.39. The highest BCUT2D eigenvalue weighted by Gasteiger charge is 2.14. The van der Waals surface area contributed by atoms with Crippen molar-refractivity contribution in [2.45, 2.75) is 38.8 Å². The number of carbonyl (C=O) groups excluding carboxylic acids is 1. The quantitative estimate of drug-likeness (QED) is 0.445. The second-order valence-corrected chi connectivity index (χ2v) is 8.97. The van der Waals surface area contributed by atoms with Gasteiger partial charge in [-0.25, -0.2) is 0 Å². The SMILES string of the molecule is Cc1ccc(-n2ccn3c(SCC(=O)Nc4ccc(C(C)C)cc4)nnc3c2=O)cc1C. The number of fused-ring (bicyclic) bond motifs is 1. The molecule has 0 fully saturated rings. The van der Waals surface area contributed by atoms with E-state index in [1.54, 1.807) is 21.4 Å². The Balaban J connectivity index is 1.48. The fourth-order valence-corrected chi connectivity index (χ4v) is 4.04. The van der Waals surface area contributed by atoms with Crippen molar-refractivity contribution in [1.29, 1.82) is 0 Å². The van der Waals surface area contributed by atoms with Crippen molar-refractivity contribution in [1.82, 2.24) is 19.2 Å². The highest BCUT2D eigenvalue weighted by atomic mass is 32.2. The van der Waals surface area contributed by atoms with Gasteiger partial charge in [-0.1, -0.05) is 43.8 Å². The first-order valence-electron chi connectivity index (χ1n) is 10.4. The Kier molecular flexibility index (Phi) is 6.14. The van der Waals surface area contributed by atoms with Crippen LogP contribution in [-0.4, -0.2) is 30.8 Å². The lowest BCUT2D eigenvalue weighted by atomic mass is 10.0. The average Bonchev–Trinajstić information content (AvgIpc) is 3.19. The molecule has 2 aromatic carbocycles. The van der Waals surface area contributed by atoms with Gasteiger partial charge in [0.1, 0.15) is 0 Å². The molecule has 0 saturated carbocycles. The number of nitrogens with one attached hydrogen (secondary N) is 1. The Bertz CT molecular complexity index is 1340. The van der Waals surface area contributed by atoms with E-state index in [4.69, 9.17) is 0 Å². The Morgan fingerprint density at radius 3 is 2.47 bits per heavy atom. The lowest BCUT2D eigenvalue weighted by Crippen LogP contribution is -2.20. The molecule has 7 nitrogen and oxygen atoms in total. The normalized spacial score (nSPS) is 11.3. The topological polar surface area (TPSA) is 81.3 Å². The third-order valence-corrected chi connectivity index (χ3v) is 6.34. The molecule has 2 heterocycles. The largest absolute Gasteiger partial charge is 0.325 e. The summed E-state index contributed by atoms with van der Waals surface area (Å²) < 4.78 is 3.17. The predicted octanol–water partition coefficient (Wildman–Crippen LogP) is 4.35. The number of benzene rings is 2. The second kappa shape index (κ2) is 9.00. The average molecular weight is 448 g/mol. The molecule has 0 spiro atoms. The van der Waals surface area contributed by atoms with Gasteiger partial charge in [0.15, 0.2) is 5.16 Å². The third kappa shape index (κ3) is 4.45. The van der Waals surface area contributed by atoms with E-state index in [2.05, 4.69) is 29.4 Å². The zero-order chi connectivity index (χ0) is 22.8. The standard InChI is InChI=1S/C24H25N5O2S/c1-15(2)18-6-8-19(9-7-18)25-21(30)14-32-24-27-26-22-23(31)28(11-12-29(22)24)20-10-5-16(3)17(4)13-20/h5-13,15H,14H2,1-4H3,(H,25,30). The van der Waals surface area contributed by atoms with Gasteiger partial charge in [-0.15, -0.1) is 10.2 Å². The molecule has 164 valence electrons. The molecular formula is C24H25N5O2S. The van der Waals surface area contributed by atoms with E-state index in [1.807, 2.05) is 56.3 Å². The van der Waals surface area contributed by atoms with Gasteiger partial charge in [-0.2, -0.15) is 0 Å². The molecule has 1 N–H and O–H groups in total. The number of nitrogens with zero attached hydrogens (tertiary/aromatic N) is 4. The summed E-state index contributed by atoms with van der Waals surface area (Å²) in [5.41, 5.74) is 4.99. The van der Waals surface area contributed by atoms with Gasteiger partial charge in [0.05, 0.1) is 5.75 Å². The maximum absolute atomic E-state index is 12.9. The van der Waals surface area contributed by atoms with Gasteiger partial charge in [0, 0.05) is 23.8 Å². The molecule has 0 unspecified atom stereocenters. The molecule has 0 aliphatic heterocycles. The molecule has 2 aromatic heterocycles. The summed E-state index contributed by atoms with van der Waals surface area (Å²) in [6.45, 7) is 8.30. The summed E-state index contributed by atoms with van der Waals surface area (Å²) in [5.74, 6) is 0.455. The van der Waals surface area contributed by atoms with Crippen LogP contribution >= 0.6 is 11.8 Å². The number of aryl methyl sites for hydroxylation is 2. The lowest BCUT2D eigenvalue weighted by molar-refractivity contribution is -0.113. The van der Waals surface area contributed by atoms with Crippen LogP contribution < -0.4 is 10.9 Å². The third-order valence-electron chi connectivity index (χ3n) is 5.40. The molecule has 4 aromatic rings.